The molecule has 1 saturated carbocycles. The number of hydrogen-bond donors (Lipinski definition) is 0. The van der Waals surface area contributed by atoms with Crippen molar-refractivity contribution >= 4 is 11.8 Å². The standard InChI is InChI=1S/C24H36N2O2/c1-25(2)23(27)12-11-19-7-9-21(10-8-19)17-22-13-15-26(16-14-22)24(28)18-20-5-3-4-6-20/h7-10,20,22H,3-6,11-18H2,1-2H3. The maximum Gasteiger partial charge on any atom is 0.222 e. The van der Waals surface area contributed by atoms with E-state index in [1.54, 1.807) is 19.0 Å². The Morgan fingerprint density at radius 3 is 2.14 bits per heavy atom. The summed E-state index contributed by atoms with van der Waals surface area (Å²) in [7, 11) is 3.61. The summed E-state index contributed by atoms with van der Waals surface area (Å²) in [6, 6.07) is 8.76. The first-order chi connectivity index (χ1) is 13.5. The molecule has 28 heavy (non-hydrogen) atoms. The van der Waals surface area contributed by atoms with Gasteiger partial charge >= 0.3 is 0 Å². The van der Waals surface area contributed by atoms with Crippen molar-refractivity contribution in [3.05, 3.63) is 35.4 Å². The quantitative estimate of drug-likeness (QED) is 0.711. The van der Waals surface area contributed by atoms with Gasteiger partial charge in [0, 0.05) is 40.0 Å². The Morgan fingerprint density at radius 1 is 0.929 bits per heavy atom. The average Bonchev–Trinajstić information content (AvgIpc) is 3.20. The van der Waals surface area contributed by atoms with E-state index in [-0.39, 0.29) is 5.91 Å². The third-order valence-electron chi connectivity index (χ3n) is 6.58. The van der Waals surface area contributed by atoms with Crippen LogP contribution in [0.3, 0.4) is 0 Å². The smallest absolute Gasteiger partial charge is 0.222 e. The average molecular weight is 385 g/mol. The number of piperidine rings is 1. The summed E-state index contributed by atoms with van der Waals surface area (Å²) in [6.45, 7) is 1.86. The van der Waals surface area contributed by atoms with Crippen molar-refractivity contribution in [3.8, 4) is 0 Å². The molecule has 0 unspecified atom stereocenters. The van der Waals surface area contributed by atoms with Crippen LogP contribution in [-0.2, 0) is 22.4 Å². The molecule has 4 nitrogen and oxygen atoms in total. The van der Waals surface area contributed by atoms with E-state index in [1.807, 2.05) is 0 Å². The number of aryl methyl sites for hydroxylation is 1. The van der Waals surface area contributed by atoms with Crippen molar-refractivity contribution in [2.24, 2.45) is 11.8 Å². The van der Waals surface area contributed by atoms with E-state index in [2.05, 4.69) is 29.2 Å². The molecule has 3 rings (SSSR count). The second-order valence-corrected chi connectivity index (χ2v) is 8.99. The Morgan fingerprint density at radius 2 is 1.54 bits per heavy atom. The minimum atomic E-state index is 0.179. The Kier molecular flexibility index (Phi) is 7.52. The molecule has 0 N–H and O–H groups in total. The summed E-state index contributed by atoms with van der Waals surface area (Å²) in [5.74, 6) is 1.90. The number of amides is 2. The number of carbonyl (C=O) groups is 2. The Hall–Kier alpha value is -1.84. The van der Waals surface area contributed by atoms with Crippen LogP contribution in [0.1, 0.15) is 62.5 Å². The Labute approximate surface area is 170 Å². The van der Waals surface area contributed by atoms with E-state index >= 15 is 0 Å². The first-order valence-corrected chi connectivity index (χ1v) is 11.1. The van der Waals surface area contributed by atoms with Gasteiger partial charge in [-0.3, -0.25) is 9.59 Å². The molecule has 0 bridgehead atoms. The monoisotopic (exact) mass is 384 g/mol. The first kappa shape index (κ1) is 20.9. The zero-order valence-corrected chi connectivity index (χ0v) is 17.7. The number of nitrogens with zero attached hydrogens (tertiary/aromatic N) is 2. The molecule has 1 aliphatic heterocycles. The van der Waals surface area contributed by atoms with Crippen LogP contribution in [0.4, 0.5) is 0 Å². The van der Waals surface area contributed by atoms with Crippen molar-refractivity contribution in [1.82, 2.24) is 9.80 Å². The van der Waals surface area contributed by atoms with Gasteiger partial charge in [0.15, 0.2) is 0 Å². The first-order valence-electron chi connectivity index (χ1n) is 11.1. The third-order valence-corrected chi connectivity index (χ3v) is 6.58. The molecule has 0 spiro atoms. The number of likely N-dealkylation sites (tertiary alicyclic amines) is 1. The third kappa shape index (κ3) is 6.08. The van der Waals surface area contributed by atoms with Crippen molar-refractivity contribution < 1.29 is 9.59 Å². The molecular weight excluding hydrogens is 348 g/mol. The van der Waals surface area contributed by atoms with Crippen LogP contribution in [0, 0.1) is 11.8 Å². The fourth-order valence-corrected chi connectivity index (χ4v) is 4.63. The molecule has 0 radical (unpaired) electrons. The normalized spacial score (nSPS) is 18.4. The number of rotatable bonds is 7. The lowest BCUT2D eigenvalue weighted by molar-refractivity contribution is -0.133. The van der Waals surface area contributed by atoms with Crippen molar-refractivity contribution in [1.29, 1.82) is 0 Å². The van der Waals surface area contributed by atoms with Gasteiger partial charge in [0.05, 0.1) is 0 Å². The molecule has 2 aliphatic rings. The Bertz CT molecular complexity index is 639. The van der Waals surface area contributed by atoms with E-state index in [4.69, 9.17) is 0 Å². The molecule has 1 heterocycles. The van der Waals surface area contributed by atoms with Crippen LogP contribution >= 0.6 is 0 Å². The molecule has 1 saturated heterocycles. The highest BCUT2D eigenvalue weighted by atomic mass is 16.2. The van der Waals surface area contributed by atoms with Gasteiger partial charge < -0.3 is 9.80 Å². The molecule has 1 aromatic carbocycles. The highest BCUT2D eigenvalue weighted by molar-refractivity contribution is 5.76. The summed E-state index contributed by atoms with van der Waals surface area (Å²) in [4.78, 5) is 28.0. The fraction of sp³-hybridized carbons (Fsp3) is 0.667. The minimum absolute atomic E-state index is 0.179. The fourth-order valence-electron chi connectivity index (χ4n) is 4.63. The van der Waals surface area contributed by atoms with Crippen LogP contribution in [0.15, 0.2) is 24.3 Å². The van der Waals surface area contributed by atoms with E-state index in [0.29, 0.717) is 24.2 Å². The second kappa shape index (κ2) is 10.1. The lowest BCUT2D eigenvalue weighted by Gasteiger charge is -2.32. The molecule has 1 aromatic rings. The molecule has 154 valence electrons. The zero-order valence-electron chi connectivity index (χ0n) is 17.7. The lowest BCUT2D eigenvalue weighted by atomic mass is 9.89. The molecule has 2 amide bonds. The largest absolute Gasteiger partial charge is 0.349 e. The molecule has 2 fully saturated rings. The minimum Gasteiger partial charge on any atom is -0.349 e. The van der Waals surface area contributed by atoms with E-state index in [9.17, 15) is 9.59 Å². The predicted octanol–water partition coefficient (Wildman–Crippen LogP) is 4.07. The van der Waals surface area contributed by atoms with Crippen LogP contribution in [0.5, 0.6) is 0 Å². The predicted molar refractivity (Wildman–Crippen MR) is 113 cm³/mol. The zero-order chi connectivity index (χ0) is 19.9. The topological polar surface area (TPSA) is 40.6 Å². The molecule has 1 aliphatic carbocycles. The van der Waals surface area contributed by atoms with Gasteiger partial charge in [0.1, 0.15) is 0 Å². The maximum atomic E-state index is 12.5. The van der Waals surface area contributed by atoms with E-state index in [1.165, 1.54) is 36.8 Å². The highest BCUT2D eigenvalue weighted by Gasteiger charge is 2.26. The number of benzene rings is 1. The van der Waals surface area contributed by atoms with Crippen LogP contribution in [0.2, 0.25) is 0 Å². The van der Waals surface area contributed by atoms with Gasteiger partial charge in [-0.2, -0.15) is 0 Å². The van der Waals surface area contributed by atoms with Gasteiger partial charge in [-0.05, 0) is 61.5 Å². The lowest BCUT2D eigenvalue weighted by Crippen LogP contribution is -2.39. The number of hydrogen-bond acceptors (Lipinski definition) is 2. The van der Waals surface area contributed by atoms with Gasteiger partial charge in [-0.15, -0.1) is 0 Å². The van der Waals surface area contributed by atoms with Crippen molar-refractivity contribution in [2.45, 2.75) is 64.2 Å². The van der Waals surface area contributed by atoms with Crippen LogP contribution in [0.25, 0.3) is 0 Å². The van der Waals surface area contributed by atoms with Gasteiger partial charge in [0.2, 0.25) is 11.8 Å². The SMILES string of the molecule is CN(C)C(=O)CCc1ccc(CC2CCN(C(=O)CC3CCCC3)CC2)cc1. The summed E-state index contributed by atoms with van der Waals surface area (Å²) in [6.07, 6.45) is 10.6. The van der Waals surface area contributed by atoms with Gasteiger partial charge in [-0.1, -0.05) is 37.1 Å². The Balaban J connectivity index is 1.39. The molecular formula is C24H36N2O2. The van der Waals surface area contributed by atoms with Gasteiger partial charge in [0.25, 0.3) is 0 Å². The van der Waals surface area contributed by atoms with Crippen molar-refractivity contribution in [2.75, 3.05) is 27.2 Å². The summed E-state index contributed by atoms with van der Waals surface area (Å²) in [5.41, 5.74) is 2.60. The van der Waals surface area contributed by atoms with Crippen molar-refractivity contribution in [3.63, 3.8) is 0 Å². The highest BCUT2D eigenvalue weighted by Crippen LogP contribution is 2.29. The molecule has 4 heteroatoms. The summed E-state index contributed by atoms with van der Waals surface area (Å²) in [5, 5.41) is 0. The van der Waals surface area contributed by atoms with Crippen LogP contribution in [-0.4, -0.2) is 48.8 Å². The summed E-state index contributed by atoms with van der Waals surface area (Å²) < 4.78 is 0. The second-order valence-electron chi connectivity index (χ2n) is 8.99. The molecule has 0 atom stereocenters. The van der Waals surface area contributed by atoms with Gasteiger partial charge in [-0.25, -0.2) is 0 Å². The van der Waals surface area contributed by atoms with E-state index in [0.717, 1.165) is 45.2 Å². The maximum absolute atomic E-state index is 12.5. The summed E-state index contributed by atoms with van der Waals surface area (Å²) >= 11 is 0. The van der Waals surface area contributed by atoms with Crippen LogP contribution < -0.4 is 0 Å². The molecule has 0 aromatic heterocycles. The van der Waals surface area contributed by atoms with E-state index < -0.39 is 0 Å². The number of carbonyl (C=O) groups excluding carboxylic acids is 2.